The van der Waals surface area contributed by atoms with Crippen LogP contribution in [0.2, 0.25) is 0 Å². The number of halogens is 1. The maximum Gasteiger partial charge on any atom is 0.233 e. The van der Waals surface area contributed by atoms with Crippen LogP contribution in [0.15, 0.2) is 48.5 Å². The van der Waals surface area contributed by atoms with Crippen molar-refractivity contribution < 1.29 is 14.1 Å². The molecule has 0 spiro atoms. The number of thiazole rings is 1. The minimum atomic E-state index is -0.349. The van der Waals surface area contributed by atoms with Crippen LogP contribution in [-0.4, -0.2) is 38.1 Å². The van der Waals surface area contributed by atoms with E-state index >= 15 is 0 Å². The van der Waals surface area contributed by atoms with Crippen molar-refractivity contribution in [3.05, 3.63) is 59.9 Å². The standard InChI is InChI=1S/C20H22FN3OS/c1-23(2)12-7-13-24(18(25)14-15-8-4-3-5-9-15)20-22-19-16(21)10-6-11-17(19)26-20/h3-6,8-11H,7,12-14H2,1-2H3/p+1. The van der Waals surface area contributed by atoms with Crippen molar-refractivity contribution in [2.24, 2.45) is 0 Å². The van der Waals surface area contributed by atoms with Gasteiger partial charge in [-0.05, 0) is 17.7 Å². The zero-order valence-electron chi connectivity index (χ0n) is 15.0. The van der Waals surface area contributed by atoms with E-state index in [0.717, 1.165) is 23.2 Å². The number of hydrogen-bond donors (Lipinski definition) is 1. The Kier molecular flexibility index (Phi) is 5.96. The number of hydrogen-bond acceptors (Lipinski definition) is 3. The van der Waals surface area contributed by atoms with Gasteiger partial charge in [0.05, 0.1) is 31.8 Å². The van der Waals surface area contributed by atoms with Gasteiger partial charge in [-0.1, -0.05) is 47.7 Å². The minimum Gasteiger partial charge on any atom is -0.340 e. The quantitative estimate of drug-likeness (QED) is 0.692. The molecule has 136 valence electrons. The molecule has 0 atom stereocenters. The van der Waals surface area contributed by atoms with Gasteiger partial charge in [0, 0.05) is 13.0 Å². The monoisotopic (exact) mass is 372 g/mol. The first kappa shape index (κ1) is 18.5. The largest absolute Gasteiger partial charge is 0.340 e. The fraction of sp³-hybridized carbons (Fsp3) is 0.300. The number of anilines is 1. The van der Waals surface area contributed by atoms with E-state index in [0.29, 0.717) is 23.6 Å². The molecule has 0 saturated carbocycles. The Morgan fingerprint density at radius 2 is 1.92 bits per heavy atom. The normalized spacial score (nSPS) is 11.2. The third kappa shape index (κ3) is 4.45. The van der Waals surface area contributed by atoms with Crippen LogP contribution < -0.4 is 9.80 Å². The second kappa shape index (κ2) is 8.38. The average molecular weight is 372 g/mol. The number of rotatable bonds is 7. The third-order valence-corrected chi connectivity index (χ3v) is 5.19. The van der Waals surface area contributed by atoms with Gasteiger partial charge in [0.2, 0.25) is 5.91 Å². The molecule has 0 saturated heterocycles. The smallest absolute Gasteiger partial charge is 0.233 e. The van der Waals surface area contributed by atoms with Crippen LogP contribution in [0.3, 0.4) is 0 Å². The van der Waals surface area contributed by atoms with Gasteiger partial charge in [0.25, 0.3) is 0 Å². The highest BCUT2D eigenvalue weighted by Gasteiger charge is 2.21. The van der Waals surface area contributed by atoms with E-state index in [-0.39, 0.29) is 11.7 Å². The Morgan fingerprint density at radius 3 is 2.62 bits per heavy atom. The second-order valence-electron chi connectivity index (χ2n) is 6.60. The van der Waals surface area contributed by atoms with Gasteiger partial charge in [0.1, 0.15) is 11.3 Å². The number of nitrogens with zero attached hydrogens (tertiary/aromatic N) is 2. The van der Waals surface area contributed by atoms with Crippen molar-refractivity contribution in [2.75, 3.05) is 32.1 Å². The van der Waals surface area contributed by atoms with Crippen molar-refractivity contribution in [2.45, 2.75) is 12.8 Å². The summed E-state index contributed by atoms with van der Waals surface area (Å²) in [5.74, 6) is -0.359. The van der Waals surface area contributed by atoms with Crippen molar-refractivity contribution in [1.29, 1.82) is 0 Å². The lowest BCUT2D eigenvalue weighted by atomic mass is 10.1. The first-order chi connectivity index (χ1) is 12.5. The van der Waals surface area contributed by atoms with Crippen LogP contribution in [0.25, 0.3) is 10.2 Å². The summed E-state index contributed by atoms with van der Waals surface area (Å²) in [6.07, 6.45) is 1.18. The molecule has 1 N–H and O–H groups in total. The molecule has 0 bridgehead atoms. The van der Waals surface area contributed by atoms with Crippen LogP contribution in [0.1, 0.15) is 12.0 Å². The van der Waals surface area contributed by atoms with E-state index in [9.17, 15) is 9.18 Å². The van der Waals surface area contributed by atoms with Crippen LogP contribution in [0.4, 0.5) is 9.52 Å². The topological polar surface area (TPSA) is 37.6 Å². The lowest BCUT2D eigenvalue weighted by Crippen LogP contribution is -3.05. The van der Waals surface area contributed by atoms with Crippen molar-refractivity contribution in [3.63, 3.8) is 0 Å². The first-order valence-electron chi connectivity index (χ1n) is 8.73. The number of nitrogens with one attached hydrogen (secondary N) is 1. The first-order valence-corrected chi connectivity index (χ1v) is 9.54. The number of fused-ring (bicyclic) bond motifs is 1. The molecule has 0 aliphatic rings. The molecule has 3 aromatic rings. The Balaban J connectivity index is 1.86. The molecule has 4 nitrogen and oxygen atoms in total. The highest BCUT2D eigenvalue weighted by atomic mass is 32.1. The molecule has 1 heterocycles. The van der Waals surface area contributed by atoms with Gasteiger partial charge in [-0.2, -0.15) is 0 Å². The molecule has 6 heteroatoms. The molecular formula is C20H23FN3OS+. The zero-order chi connectivity index (χ0) is 18.5. The molecule has 0 aliphatic heterocycles. The van der Waals surface area contributed by atoms with Gasteiger partial charge in [-0.25, -0.2) is 9.37 Å². The predicted molar refractivity (Wildman–Crippen MR) is 104 cm³/mol. The summed E-state index contributed by atoms with van der Waals surface area (Å²) in [5, 5.41) is 0.569. The molecule has 0 radical (unpaired) electrons. The number of para-hydroxylation sites is 1. The Morgan fingerprint density at radius 1 is 1.15 bits per heavy atom. The summed E-state index contributed by atoms with van der Waals surface area (Å²) in [7, 11) is 4.17. The lowest BCUT2D eigenvalue weighted by molar-refractivity contribution is -0.858. The minimum absolute atomic E-state index is 0.00980. The van der Waals surface area contributed by atoms with E-state index in [4.69, 9.17) is 0 Å². The van der Waals surface area contributed by atoms with E-state index in [2.05, 4.69) is 19.1 Å². The average Bonchev–Trinajstić information content (AvgIpc) is 3.04. The molecule has 0 fully saturated rings. The number of amides is 1. The summed E-state index contributed by atoms with van der Waals surface area (Å²) in [6, 6.07) is 14.6. The third-order valence-electron chi connectivity index (χ3n) is 4.15. The number of benzene rings is 2. The predicted octanol–water partition coefficient (Wildman–Crippen LogP) is 2.55. The molecule has 1 aromatic heterocycles. The maximum atomic E-state index is 14.0. The highest BCUT2D eigenvalue weighted by Crippen LogP contribution is 2.30. The van der Waals surface area contributed by atoms with Gasteiger partial charge >= 0.3 is 0 Å². The SMILES string of the molecule is C[NH+](C)CCCN(C(=O)Cc1ccccc1)c1nc2c(F)cccc2s1. The number of aromatic nitrogens is 1. The molecule has 1 amide bonds. The van der Waals surface area contributed by atoms with E-state index in [1.165, 1.54) is 22.3 Å². The summed E-state index contributed by atoms with van der Waals surface area (Å²) >= 11 is 1.36. The van der Waals surface area contributed by atoms with E-state index in [1.54, 1.807) is 11.0 Å². The molecule has 3 rings (SSSR count). The van der Waals surface area contributed by atoms with Crippen molar-refractivity contribution in [3.8, 4) is 0 Å². The molecule has 0 aliphatic carbocycles. The van der Waals surface area contributed by atoms with Gasteiger partial charge in [0.15, 0.2) is 5.13 Å². The summed E-state index contributed by atoms with van der Waals surface area (Å²) in [4.78, 5) is 20.4. The van der Waals surface area contributed by atoms with E-state index < -0.39 is 0 Å². The van der Waals surface area contributed by atoms with Crippen molar-refractivity contribution >= 4 is 32.6 Å². The van der Waals surface area contributed by atoms with Crippen molar-refractivity contribution in [1.82, 2.24) is 4.98 Å². The fourth-order valence-corrected chi connectivity index (χ4v) is 3.83. The van der Waals surface area contributed by atoms with Crippen LogP contribution in [0, 0.1) is 5.82 Å². The number of carbonyl (C=O) groups excluding carboxylic acids is 1. The summed E-state index contributed by atoms with van der Waals surface area (Å²) < 4.78 is 14.8. The van der Waals surface area contributed by atoms with Gasteiger partial charge < -0.3 is 4.90 Å². The number of carbonyl (C=O) groups is 1. The summed E-state index contributed by atoms with van der Waals surface area (Å²) in [5.41, 5.74) is 1.30. The lowest BCUT2D eigenvalue weighted by Gasteiger charge is -2.20. The Bertz CT molecular complexity index is 879. The molecular weight excluding hydrogens is 349 g/mol. The van der Waals surface area contributed by atoms with Crippen LogP contribution in [0.5, 0.6) is 0 Å². The van der Waals surface area contributed by atoms with Crippen LogP contribution >= 0.6 is 11.3 Å². The highest BCUT2D eigenvalue weighted by molar-refractivity contribution is 7.22. The zero-order valence-corrected chi connectivity index (χ0v) is 15.9. The van der Waals surface area contributed by atoms with Gasteiger partial charge in [-0.3, -0.25) is 9.69 Å². The second-order valence-corrected chi connectivity index (χ2v) is 7.61. The Hall–Kier alpha value is -2.31. The molecule has 2 aromatic carbocycles. The van der Waals surface area contributed by atoms with Crippen LogP contribution in [-0.2, 0) is 11.2 Å². The fourth-order valence-electron chi connectivity index (χ4n) is 2.80. The Labute approximate surface area is 156 Å². The van der Waals surface area contributed by atoms with E-state index in [1.807, 2.05) is 36.4 Å². The van der Waals surface area contributed by atoms with Gasteiger partial charge in [-0.15, -0.1) is 0 Å². The molecule has 26 heavy (non-hydrogen) atoms. The molecule has 0 unspecified atom stereocenters. The number of quaternary nitrogens is 1. The summed E-state index contributed by atoms with van der Waals surface area (Å²) in [6.45, 7) is 1.53. The maximum absolute atomic E-state index is 14.0.